The Hall–Kier alpha value is -0.920. The van der Waals surface area contributed by atoms with Crippen LogP contribution in [-0.2, 0) is 0 Å². The molecule has 14 heavy (non-hydrogen) atoms. The third kappa shape index (κ3) is 2.79. The molecule has 2 heteroatoms. The first-order chi connectivity index (χ1) is 6.65. The van der Waals surface area contributed by atoms with E-state index in [4.69, 9.17) is 0 Å². The molecule has 0 aliphatic rings. The molecule has 0 amide bonds. The SMILES string of the molecule is CCCC(C)c1cnc(C(C)C)nc1. The fraction of sp³-hybridized carbons (Fsp3) is 0.667. The summed E-state index contributed by atoms with van der Waals surface area (Å²) in [7, 11) is 0. The molecule has 0 N–H and O–H groups in total. The van der Waals surface area contributed by atoms with Gasteiger partial charge in [-0.1, -0.05) is 34.1 Å². The summed E-state index contributed by atoms with van der Waals surface area (Å²) in [4.78, 5) is 8.74. The van der Waals surface area contributed by atoms with Crippen molar-refractivity contribution in [1.82, 2.24) is 9.97 Å². The molecule has 1 aromatic rings. The van der Waals surface area contributed by atoms with Gasteiger partial charge < -0.3 is 0 Å². The Bertz CT molecular complexity index is 264. The monoisotopic (exact) mass is 192 g/mol. The minimum atomic E-state index is 0.422. The van der Waals surface area contributed by atoms with Gasteiger partial charge in [0.25, 0.3) is 0 Å². The zero-order valence-corrected chi connectivity index (χ0v) is 9.62. The number of aromatic nitrogens is 2. The second-order valence-electron chi connectivity index (χ2n) is 4.22. The predicted octanol–water partition coefficient (Wildman–Crippen LogP) is 3.50. The van der Waals surface area contributed by atoms with Gasteiger partial charge in [-0.2, -0.15) is 0 Å². The lowest BCUT2D eigenvalue weighted by molar-refractivity contribution is 0.653. The summed E-state index contributed by atoms with van der Waals surface area (Å²) in [6.45, 7) is 8.67. The fourth-order valence-corrected chi connectivity index (χ4v) is 1.50. The lowest BCUT2D eigenvalue weighted by atomic mass is 9.99. The summed E-state index contributed by atoms with van der Waals surface area (Å²) < 4.78 is 0. The number of hydrogen-bond acceptors (Lipinski definition) is 2. The van der Waals surface area contributed by atoms with Gasteiger partial charge in [-0.15, -0.1) is 0 Å². The lowest BCUT2D eigenvalue weighted by Crippen LogP contribution is -2.00. The van der Waals surface area contributed by atoms with Crippen molar-refractivity contribution in [3.8, 4) is 0 Å². The van der Waals surface area contributed by atoms with Crippen LogP contribution in [0.3, 0.4) is 0 Å². The molecular weight excluding hydrogens is 172 g/mol. The average molecular weight is 192 g/mol. The molecule has 0 aliphatic carbocycles. The molecular formula is C12H20N2. The summed E-state index contributed by atoms with van der Waals surface area (Å²) in [5.41, 5.74) is 1.26. The van der Waals surface area contributed by atoms with Gasteiger partial charge in [0.15, 0.2) is 0 Å². The number of hydrogen-bond donors (Lipinski definition) is 0. The van der Waals surface area contributed by atoms with Gasteiger partial charge in [0.2, 0.25) is 0 Å². The van der Waals surface area contributed by atoms with Crippen molar-refractivity contribution in [2.75, 3.05) is 0 Å². The minimum Gasteiger partial charge on any atom is -0.241 e. The molecule has 1 unspecified atom stereocenters. The summed E-state index contributed by atoms with van der Waals surface area (Å²) in [6, 6.07) is 0. The van der Waals surface area contributed by atoms with Crippen LogP contribution >= 0.6 is 0 Å². The van der Waals surface area contributed by atoms with Crippen LogP contribution in [-0.4, -0.2) is 9.97 Å². The Balaban J connectivity index is 2.72. The van der Waals surface area contributed by atoms with Crippen LogP contribution in [0.25, 0.3) is 0 Å². The molecule has 0 saturated carbocycles. The molecule has 1 aromatic heterocycles. The maximum atomic E-state index is 4.37. The summed E-state index contributed by atoms with van der Waals surface area (Å²) in [5.74, 6) is 1.95. The Kier molecular flexibility index (Phi) is 4.05. The highest BCUT2D eigenvalue weighted by molar-refractivity contribution is 5.11. The highest BCUT2D eigenvalue weighted by atomic mass is 14.9. The lowest BCUT2D eigenvalue weighted by Gasteiger charge is -2.10. The van der Waals surface area contributed by atoms with E-state index in [0.717, 1.165) is 5.82 Å². The van der Waals surface area contributed by atoms with E-state index in [9.17, 15) is 0 Å². The zero-order valence-electron chi connectivity index (χ0n) is 9.62. The third-order valence-corrected chi connectivity index (χ3v) is 2.50. The van der Waals surface area contributed by atoms with E-state index in [2.05, 4.69) is 37.7 Å². The van der Waals surface area contributed by atoms with Crippen molar-refractivity contribution in [3.63, 3.8) is 0 Å². The largest absolute Gasteiger partial charge is 0.241 e. The van der Waals surface area contributed by atoms with Crippen molar-refractivity contribution in [1.29, 1.82) is 0 Å². The highest BCUT2D eigenvalue weighted by Gasteiger charge is 2.07. The second kappa shape index (κ2) is 5.08. The van der Waals surface area contributed by atoms with E-state index < -0.39 is 0 Å². The smallest absolute Gasteiger partial charge is 0.130 e. The summed E-state index contributed by atoms with van der Waals surface area (Å²) in [6.07, 6.45) is 6.38. The molecule has 1 rings (SSSR count). The van der Waals surface area contributed by atoms with Crippen LogP contribution in [0, 0.1) is 0 Å². The first-order valence-corrected chi connectivity index (χ1v) is 5.47. The maximum Gasteiger partial charge on any atom is 0.130 e. The molecule has 0 aliphatic heterocycles. The van der Waals surface area contributed by atoms with Gasteiger partial charge in [0.05, 0.1) is 0 Å². The first-order valence-electron chi connectivity index (χ1n) is 5.47. The molecule has 0 saturated heterocycles. The van der Waals surface area contributed by atoms with Gasteiger partial charge in [-0.25, -0.2) is 9.97 Å². The summed E-state index contributed by atoms with van der Waals surface area (Å²) >= 11 is 0. The summed E-state index contributed by atoms with van der Waals surface area (Å²) in [5, 5.41) is 0. The molecule has 0 aromatic carbocycles. The molecule has 0 fully saturated rings. The Morgan fingerprint density at radius 1 is 1.14 bits per heavy atom. The van der Waals surface area contributed by atoms with Crippen LogP contribution in [0.5, 0.6) is 0 Å². The van der Waals surface area contributed by atoms with Crippen molar-refractivity contribution in [2.24, 2.45) is 0 Å². The van der Waals surface area contributed by atoms with Gasteiger partial charge in [-0.3, -0.25) is 0 Å². The van der Waals surface area contributed by atoms with Gasteiger partial charge >= 0.3 is 0 Å². The zero-order chi connectivity index (χ0) is 10.6. The van der Waals surface area contributed by atoms with Crippen LogP contribution in [0.2, 0.25) is 0 Å². The third-order valence-electron chi connectivity index (χ3n) is 2.50. The van der Waals surface area contributed by atoms with Crippen LogP contribution < -0.4 is 0 Å². The normalized spacial score (nSPS) is 13.2. The van der Waals surface area contributed by atoms with Crippen LogP contribution in [0.4, 0.5) is 0 Å². The van der Waals surface area contributed by atoms with E-state index >= 15 is 0 Å². The standard InChI is InChI=1S/C12H20N2/c1-5-6-10(4)11-7-13-12(9(2)3)14-8-11/h7-10H,5-6H2,1-4H3. The maximum absolute atomic E-state index is 4.37. The van der Waals surface area contributed by atoms with Crippen molar-refractivity contribution < 1.29 is 0 Å². The molecule has 2 nitrogen and oxygen atoms in total. The Morgan fingerprint density at radius 2 is 1.71 bits per heavy atom. The first kappa shape index (κ1) is 11.2. The van der Waals surface area contributed by atoms with Crippen molar-refractivity contribution in [2.45, 2.75) is 52.4 Å². The second-order valence-corrected chi connectivity index (χ2v) is 4.22. The highest BCUT2D eigenvalue weighted by Crippen LogP contribution is 2.19. The van der Waals surface area contributed by atoms with E-state index in [-0.39, 0.29) is 0 Å². The topological polar surface area (TPSA) is 25.8 Å². The van der Waals surface area contributed by atoms with Gasteiger partial charge in [0, 0.05) is 18.3 Å². The molecule has 0 spiro atoms. The van der Waals surface area contributed by atoms with E-state index in [0.29, 0.717) is 11.8 Å². The molecule has 1 heterocycles. The predicted molar refractivity (Wildman–Crippen MR) is 59.4 cm³/mol. The quantitative estimate of drug-likeness (QED) is 0.729. The van der Waals surface area contributed by atoms with Crippen LogP contribution in [0.15, 0.2) is 12.4 Å². The van der Waals surface area contributed by atoms with Gasteiger partial charge in [0.1, 0.15) is 5.82 Å². The van der Waals surface area contributed by atoms with Gasteiger partial charge in [-0.05, 0) is 17.9 Å². The molecule has 78 valence electrons. The number of rotatable bonds is 4. The average Bonchev–Trinajstić information content (AvgIpc) is 2.18. The van der Waals surface area contributed by atoms with Crippen LogP contribution in [0.1, 0.15) is 63.8 Å². The minimum absolute atomic E-state index is 0.422. The van der Waals surface area contributed by atoms with E-state index in [1.807, 2.05) is 12.4 Å². The van der Waals surface area contributed by atoms with E-state index in [1.165, 1.54) is 18.4 Å². The Morgan fingerprint density at radius 3 is 2.14 bits per heavy atom. The fourth-order valence-electron chi connectivity index (χ4n) is 1.50. The van der Waals surface area contributed by atoms with E-state index in [1.54, 1.807) is 0 Å². The molecule has 0 radical (unpaired) electrons. The molecule has 1 atom stereocenters. The van der Waals surface area contributed by atoms with Crippen molar-refractivity contribution >= 4 is 0 Å². The van der Waals surface area contributed by atoms with Crippen molar-refractivity contribution in [3.05, 3.63) is 23.8 Å². The Labute approximate surface area is 86.8 Å². The molecule has 0 bridgehead atoms. The number of nitrogens with zero attached hydrogens (tertiary/aromatic N) is 2.